The average Bonchev–Trinajstić information content (AvgIpc) is 2.18. The van der Waals surface area contributed by atoms with Gasteiger partial charge in [0.25, 0.3) is 10.3 Å². The van der Waals surface area contributed by atoms with Gasteiger partial charge in [-0.2, -0.15) is 0 Å². The second kappa shape index (κ2) is 13.4. The van der Waals surface area contributed by atoms with Gasteiger partial charge < -0.3 is 31.2 Å². The molecule has 1 atom stereocenters. The van der Waals surface area contributed by atoms with E-state index >= 15 is 0 Å². The summed E-state index contributed by atoms with van der Waals surface area (Å²) in [6.45, 7) is 3.65. The quantitative estimate of drug-likeness (QED) is 0.558. The van der Waals surface area contributed by atoms with E-state index in [1.54, 1.807) is 0 Å². The van der Waals surface area contributed by atoms with Crippen molar-refractivity contribution in [1.29, 1.82) is 0 Å². The van der Waals surface area contributed by atoms with Crippen molar-refractivity contribution in [2.75, 3.05) is 13.2 Å². The first-order chi connectivity index (χ1) is 7.90. The van der Waals surface area contributed by atoms with Crippen molar-refractivity contribution < 1.29 is 19.7 Å². The lowest BCUT2D eigenvalue weighted by Crippen LogP contribution is -2.21. The Labute approximate surface area is 112 Å². The van der Waals surface area contributed by atoms with Gasteiger partial charge in [0, 0.05) is 13.2 Å². The predicted octanol–water partition coefficient (Wildman–Crippen LogP) is 1.13. The number of ether oxygens (including phenoxy) is 2. The predicted molar refractivity (Wildman–Crippen MR) is 74.0 cm³/mol. The Balaban J connectivity index is 0. The van der Waals surface area contributed by atoms with E-state index < -0.39 is 10.3 Å². The molecular formula is C9H20N2O4S2. The molecule has 1 aliphatic heterocycles. The highest BCUT2D eigenvalue weighted by atomic mass is 32.1. The molecule has 1 rings (SSSR count). The Morgan fingerprint density at radius 3 is 2.06 bits per heavy atom. The summed E-state index contributed by atoms with van der Waals surface area (Å²) < 4.78 is 10.6. The van der Waals surface area contributed by atoms with Crippen LogP contribution in [0.25, 0.3) is 0 Å². The molecular weight excluding hydrogens is 264 g/mol. The van der Waals surface area contributed by atoms with E-state index in [0.29, 0.717) is 0 Å². The third kappa shape index (κ3) is 25.5. The van der Waals surface area contributed by atoms with Gasteiger partial charge in [0.1, 0.15) is 0 Å². The van der Waals surface area contributed by atoms with Crippen molar-refractivity contribution in [3.05, 3.63) is 0 Å². The molecule has 0 aromatic heterocycles. The van der Waals surface area contributed by atoms with Crippen LogP contribution < -0.4 is 11.5 Å². The highest BCUT2D eigenvalue weighted by Gasteiger charge is 2.11. The monoisotopic (exact) mass is 284 g/mol. The van der Waals surface area contributed by atoms with E-state index in [0.717, 1.165) is 19.6 Å². The van der Waals surface area contributed by atoms with E-state index in [1.165, 1.54) is 12.8 Å². The van der Waals surface area contributed by atoms with Crippen molar-refractivity contribution in [1.82, 2.24) is 0 Å². The first-order valence-electron chi connectivity index (χ1n) is 5.10. The Bertz CT molecular complexity index is 188. The molecule has 0 aromatic rings. The topological polar surface area (TPSA) is 111 Å². The summed E-state index contributed by atoms with van der Waals surface area (Å²) in [5, 5.41) is 14.1. The second-order valence-electron chi connectivity index (χ2n) is 2.93. The molecule has 8 heteroatoms. The van der Waals surface area contributed by atoms with Gasteiger partial charge in [-0.3, -0.25) is 0 Å². The van der Waals surface area contributed by atoms with E-state index in [2.05, 4.69) is 35.9 Å². The van der Waals surface area contributed by atoms with Crippen LogP contribution in [0.15, 0.2) is 0 Å². The van der Waals surface area contributed by atoms with Crippen LogP contribution in [-0.2, 0) is 9.47 Å². The molecule has 0 amide bonds. The summed E-state index contributed by atoms with van der Waals surface area (Å²) >= 11 is 7.74. The third-order valence-electron chi connectivity index (χ3n) is 1.49. The number of hydrogen-bond acceptors (Lipinski definition) is 4. The van der Waals surface area contributed by atoms with Gasteiger partial charge in [0.15, 0.2) is 6.29 Å². The summed E-state index contributed by atoms with van der Waals surface area (Å²) in [5.41, 5.74) is 8.80. The minimum atomic E-state index is -0.500. The van der Waals surface area contributed by atoms with Crippen LogP contribution in [-0.4, -0.2) is 40.1 Å². The molecule has 6 nitrogen and oxygen atoms in total. The molecule has 0 aliphatic carbocycles. The molecule has 102 valence electrons. The third-order valence-corrected chi connectivity index (χ3v) is 1.49. The van der Waals surface area contributed by atoms with Crippen molar-refractivity contribution in [3.8, 4) is 0 Å². The van der Waals surface area contributed by atoms with Crippen LogP contribution in [0.1, 0.15) is 26.2 Å². The molecule has 6 N–H and O–H groups in total. The molecule has 0 spiro atoms. The highest BCUT2D eigenvalue weighted by molar-refractivity contribution is 7.80. The van der Waals surface area contributed by atoms with Crippen LogP contribution in [0.5, 0.6) is 0 Å². The normalized spacial score (nSPS) is 17.8. The molecule has 1 heterocycles. The first-order valence-corrected chi connectivity index (χ1v) is 5.91. The summed E-state index contributed by atoms with van der Waals surface area (Å²) in [5.74, 6) is 0. The highest BCUT2D eigenvalue weighted by Crippen LogP contribution is 2.12. The molecule has 1 fully saturated rings. The lowest BCUT2D eigenvalue weighted by molar-refractivity contribution is -0.159. The summed E-state index contributed by atoms with van der Waals surface area (Å²) in [7, 11) is 0. The zero-order valence-corrected chi connectivity index (χ0v) is 11.4. The summed E-state index contributed by atoms with van der Waals surface area (Å²) in [4.78, 5) is 0. The van der Waals surface area contributed by atoms with Crippen molar-refractivity contribution >= 4 is 34.8 Å². The molecule has 1 aliphatic rings. The number of thiocarbonyl (C=S) groups is 2. The maximum atomic E-state index is 7.56. The van der Waals surface area contributed by atoms with Crippen LogP contribution in [0.3, 0.4) is 0 Å². The summed E-state index contributed by atoms with van der Waals surface area (Å²) in [6, 6.07) is 0. The Morgan fingerprint density at radius 2 is 1.76 bits per heavy atom. The van der Waals surface area contributed by atoms with E-state index in [4.69, 9.17) is 19.7 Å². The minimum Gasteiger partial charge on any atom is -0.487 e. The van der Waals surface area contributed by atoms with Gasteiger partial charge in [-0.1, -0.05) is 0 Å². The molecule has 17 heavy (non-hydrogen) atoms. The Hall–Kier alpha value is -0.700. The van der Waals surface area contributed by atoms with Gasteiger partial charge in [-0.25, -0.2) is 0 Å². The smallest absolute Gasteiger partial charge is 0.251 e. The molecule has 0 bridgehead atoms. The zero-order valence-electron chi connectivity index (χ0n) is 9.80. The van der Waals surface area contributed by atoms with Crippen LogP contribution in [0.4, 0.5) is 0 Å². The molecule has 1 unspecified atom stereocenters. The van der Waals surface area contributed by atoms with E-state index in [-0.39, 0.29) is 6.29 Å². The number of nitrogens with two attached hydrogens (primary N) is 2. The minimum absolute atomic E-state index is 0.101. The van der Waals surface area contributed by atoms with Crippen molar-refractivity contribution in [2.24, 2.45) is 11.5 Å². The van der Waals surface area contributed by atoms with E-state index in [9.17, 15) is 0 Å². The lowest BCUT2D eigenvalue weighted by Gasteiger charge is -2.21. The zero-order chi connectivity index (χ0) is 13.7. The van der Waals surface area contributed by atoms with Gasteiger partial charge >= 0.3 is 0 Å². The molecule has 0 aromatic carbocycles. The first kappa shape index (κ1) is 18.7. The van der Waals surface area contributed by atoms with Gasteiger partial charge in [0.2, 0.25) is 0 Å². The fraction of sp³-hybridized carbons (Fsp3) is 0.778. The van der Waals surface area contributed by atoms with Crippen molar-refractivity contribution in [2.45, 2.75) is 32.5 Å². The van der Waals surface area contributed by atoms with Gasteiger partial charge in [-0.15, -0.1) is 0 Å². The maximum absolute atomic E-state index is 7.56. The van der Waals surface area contributed by atoms with Gasteiger partial charge in [0.05, 0.1) is 0 Å². The molecule has 1 saturated heterocycles. The van der Waals surface area contributed by atoms with Crippen LogP contribution in [0, 0.1) is 0 Å². The largest absolute Gasteiger partial charge is 0.487 e. The maximum Gasteiger partial charge on any atom is 0.251 e. The molecule has 0 saturated carbocycles. The SMILES string of the molecule is CCOC1CCCCO1.NC(O)=S.NC(O)=S. The fourth-order valence-electron chi connectivity index (χ4n) is 1.03. The second-order valence-corrected chi connectivity index (χ2v) is 3.76. The van der Waals surface area contributed by atoms with Crippen LogP contribution >= 0.6 is 24.4 Å². The lowest BCUT2D eigenvalue weighted by atomic mass is 10.2. The number of hydrogen-bond donors (Lipinski definition) is 4. The van der Waals surface area contributed by atoms with Crippen LogP contribution in [0.2, 0.25) is 0 Å². The fourth-order valence-corrected chi connectivity index (χ4v) is 1.03. The van der Waals surface area contributed by atoms with Crippen molar-refractivity contribution in [3.63, 3.8) is 0 Å². The standard InChI is InChI=1S/C7H14O2.2CH3NOS/c1-2-8-7-5-3-4-6-9-7;2*2-1(3)4/h7H,2-6H2,1H3;2*(H3,2,3,4). The Morgan fingerprint density at radius 1 is 1.29 bits per heavy atom. The van der Waals surface area contributed by atoms with E-state index in [1.807, 2.05) is 6.92 Å². The average molecular weight is 284 g/mol. The molecule has 0 radical (unpaired) electrons. The Kier molecular flexibility index (Phi) is 14.7. The number of rotatable bonds is 2. The summed E-state index contributed by atoms with van der Waals surface area (Å²) in [6.07, 6.45) is 3.63. The number of aliphatic hydroxyl groups is 2. The number of aliphatic hydroxyl groups excluding tert-OH is 2. The van der Waals surface area contributed by atoms with Gasteiger partial charge in [-0.05, 0) is 50.6 Å².